The molecule has 1 fully saturated rings. The Bertz CT molecular complexity index is 300. The maximum absolute atomic E-state index is 10.8. The third kappa shape index (κ3) is 4.06. The first-order valence-corrected chi connectivity index (χ1v) is 6.65. The van der Waals surface area contributed by atoms with Crippen molar-refractivity contribution < 1.29 is 8.42 Å². The molecule has 0 bridgehead atoms. The van der Waals surface area contributed by atoms with Gasteiger partial charge >= 0.3 is 0 Å². The summed E-state index contributed by atoms with van der Waals surface area (Å²) >= 11 is 0. The summed E-state index contributed by atoms with van der Waals surface area (Å²) in [6, 6.07) is 0. The molecule has 14 heavy (non-hydrogen) atoms. The van der Waals surface area contributed by atoms with Crippen molar-refractivity contribution in [2.45, 2.75) is 19.3 Å². The zero-order chi connectivity index (χ0) is 10.6. The molecule has 0 aromatic carbocycles. The third-order valence-electron chi connectivity index (χ3n) is 2.22. The number of piperidine rings is 1. The smallest absolute Gasteiger partial charge is 0.208 e. The Kier molecular flexibility index (Phi) is 3.88. The Balaban J connectivity index is 2.27. The van der Waals surface area contributed by atoms with Crippen molar-refractivity contribution in [2.24, 2.45) is 0 Å². The third-order valence-corrected chi connectivity index (χ3v) is 2.95. The summed E-state index contributed by atoms with van der Waals surface area (Å²) in [5, 5.41) is 7.63. The van der Waals surface area contributed by atoms with Crippen LogP contribution in [0.1, 0.15) is 19.3 Å². The Morgan fingerprint density at radius 1 is 1.50 bits per heavy atom. The molecule has 0 unspecified atom stereocenters. The summed E-state index contributed by atoms with van der Waals surface area (Å²) in [6.45, 7) is 1.87. The second kappa shape index (κ2) is 4.75. The van der Waals surface area contributed by atoms with Crippen molar-refractivity contribution >= 4 is 15.9 Å². The lowest BCUT2D eigenvalue weighted by Gasteiger charge is -2.29. The minimum Gasteiger partial charge on any atom is -0.359 e. The molecule has 1 heterocycles. The first kappa shape index (κ1) is 11.5. The fourth-order valence-corrected chi connectivity index (χ4v) is 1.96. The standard InChI is InChI=1S/C8H17N3O2S/c1-14(12,13)10-5-7-11-6-3-2-4-8(11)9/h9-10H,2-7H2,1H3. The molecule has 5 nitrogen and oxygen atoms in total. The van der Waals surface area contributed by atoms with Crippen molar-refractivity contribution in [3.05, 3.63) is 0 Å². The van der Waals surface area contributed by atoms with Gasteiger partial charge < -0.3 is 4.90 Å². The molecular formula is C8H17N3O2S. The molecule has 1 aliphatic rings. The summed E-state index contributed by atoms with van der Waals surface area (Å²) in [7, 11) is -3.09. The van der Waals surface area contributed by atoms with Crippen LogP contribution in [0.3, 0.4) is 0 Å². The van der Waals surface area contributed by atoms with Crippen LogP contribution in [0.25, 0.3) is 0 Å². The van der Waals surface area contributed by atoms with E-state index in [1.165, 1.54) is 0 Å². The zero-order valence-corrected chi connectivity index (χ0v) is 9.23. The topological polar surface area (TPSA) is 73.3 Å². The molecule has 82 valence electrons. The monoisotopic (exact) mass is 219 g/mol. The van der Waals surface area contributed by atoms with Crippen molar-refractivity contribution in [2.75, 3.05) is 25.9 Å². The van der Waals surface area contributed by atoms with Crippen LogP contribution in [0.5, 0.6) is 0 Å². The van der Waals surface area contributed by atoms with E-state index in [0.29, 0.717) is 18.9 Å². The van der Waals surface area contributed by atoms with Gasteiger partial charge in [0.25, 0.3) is 0 Å². The van der Waals surface area contributed by atoms with Crippen molar-refractivity contribution in [1.29, 1.82) is 5.41 Å². The lowest BCUT2D eigenvalue weighted by atomic mass is 10.1. The number of likely N-dealkylation sites (tertiary alicyclic amines) is 1. The Hall–Kier alpha value is -0.620. The molecular weight excluding hydrogens is 202 g/mol. The summed E-state index contributed by atoms with van der Waals surface area (Å²) in [5.74, 6) is 0.631. The van der Waals surface area contributed by atoms with Gasteiger partial charge in [-0.25, -0.2) is 13.1 Å². The molecule has 0 aromatic heterocycles. The van der Waals surface area contributed by atoms with Gasteiger partial charge in [-0.2, -0.15) is 0 Å². The van der Waals surface area contributed by atoms with Crippen molar-refractivity contribution in [3.63, 3.8) is 0 Å². The van der Waals surface area contributed by atoms with Gasteiger partial charge in [0, 0.05) is 26.1 Å². The number of nitrogens with zero attached hydrogens (tertiary/aromatic N) is 1. The quantitative estimate of drug-likeness (QED) is 0.699. The van der Waals surface area contributed by atoms with E-state index >= 15 is 0 Å². The molecule has 1 rings (SSSR count). The Morgan fingerprint density at radius 2 is 2.21 bits per heavy atom. The molecule has 1 aliphatic heterocycles. The van der Waals surface area contributed by atoms with E-state index in [2.05, 4.69) is 4.72 Å². The average Bonchev–Trinajstić information content (AvgIpc) is 2.06. The number of nitrogens with one attached hydrogen (secondary N) is 2. The van der Waals surface area contributed by atoms with Crippen molar-refractivity contribution in [3.8, 4) is 0 Å². The van der Waals surface area contributed by atoms with Gasteiger partial charge in [-0.15, -0.1) is 0 Å². The maximum atomic E-state index is 10.8. The lowest BCUT2D eigenvalue weighted by Crippen LogP contribution is -2.40. The van der Waals surface area contributed by atoms with E-state index < -0.39 is 10.0 Å². The van der Waals surface area contributed by atoms with Gasteiger partial charge in [-0.05, 0) is 12.8 Å². The highest BCUT2D eigenvalue weighted by atomic mass is 32.2. The molecule has 0 aromatic rings. The van der Waals surface area contributed by atoms with Gasteiger partial charge in [0.1, 0.15) is 0 Å². The van der Waals surface area contributed by atoms with Crippen LogP contribution in [-0.2, 0) is 10.0 Å². The van der Waals surface area contributed by atoms with Crippen LogP contribution in [-0.4, -0.2) is 45.0 Å². The molecule has 2 N–H and O–H groups in total. The Labute approximate surface area is 85.0 Å². The highest BCUT2D eigenvalue weighted by Gasteiger charge is 2.14. The number of hydrogen-bond acceptors (Lipinski definition) is 3. The van der Waals surface area contributed by atoms with Crippen LogP contribution in [0.15, 0.2) is 0 Å². The van der Waals surface area contributed by atoms with Crippen LogP contribution < -0.4 is 4.72 Å². The summed E-state index contributed by atoms with van der Waals surface area (Å²) < 4.78 is 24.0. The summed E-state index contributed by atoms with van der Waals surface area (Å²) in [6.07, 6.45) is 4.14. The van der Waals surface area contributed by atoms with E-state index in [4.69, 9.17) is 5.41 Å². The van der Waals surface area contributed by atoms with Gasteiger partial charge in [-0.3, -0.25) is 5.41 Å². The molecule has 0 atom stereocenters. The largest absolute Gasteiger partial charge is 0.359 e. The molecule has 6 heteroatoms. The molecule has 0 spiro atoms. The predicted octanol–water partition coefficient (Wildman–Crippen LogP) is -0.00123. The zero-order valence-electron chi connectivity index (χ0n) is 8.41. The van der Waals surface area contributed by atoms with E-state index in [-0.39, 0.29) is 0 Å². The number of rotatable bonds is 4. The fourth-order valence-electron chi connectivity index (χ4n) is 1.50. The van der Waals surface area contributed by atoms with Gasteiger partial charge in [0.05, 0.1) is 12.1 Å². The number of sulfonamides is 1. The van der Waals surface area contributed by atoms with E-state index in [9.17, 15) is 8.42 Å². The van der Waals surface area contributed by atoms with Crippen molar-refractivity contribution in [1.82, 2.24) is 9.62 Å². The first-order chi connectivity index (χ1) is 6.49. The summed E-state index contributed by atoms with van der Waals surface area (Å²) in [5.41, 5.74) is 0. The highest BCUT2D eigenvalue weighted by molar-refractivity contribution is 7.88. The minimum absolute atomic E-state index is 0.390. The van der Waals surface area contributed by atoms with E-state index in [1.54, 1.807) is 0 Å². The molecule has 0 amide bonds. The SMILES string of the molecule is CS(=O)(=O)NCCN1CCCCC1=N. The molecule has 0 saturated carbocycles. The van der Waals surface area contributed by atoms with Gasteiger partial charge in [0.2, 0.25) is 10.0 Å². The Morgan fingerprint density at radius 3 is 2.79 bits per heavy atom. The van der Waals surface area contributed by atoms with Crippen LogP contribution in [0.4, 0.5) is 0 Å². The second-order valence-corrected chi connectivity index (χ2v) is 5.39. The van der Waals surface area contributed by atoms with Gasteiger partial charge in [0.15, 0.2) is 0 Å². The van der Waals surface area contributed by atoms with E-state index in [1.807, 2.05) is 4.90 Å². The normalized spacial score (nSPS) is 18.6. The predicted molar refractivity (Wildman–Crippen MR) is 56.0 cm³/mol. The summed E-state index contributed by atoms with van der Waals surface area (Å²) in [4.78, 5) is 1.93. The van der Waals surface area contributed by atoms with Crippen LogP contribution >= 0.6 is 0 Å². The fraction of sp³-hybridized carbons (Fsp3) is 0.875. The van der Waals surface area contributed by atoms with E-state index in [0.717, 1.165) is 32.1 Å². The van der Waals surface area contributed by atoms with Crippen LogP contribution in [0.2, 0.25) is 0 Å². The van der Waals surface area contributed by atoms with Crippen LogP contribution in [0, 0.1) is 5.41 Å². The molecule has 0 radical (unpaired) electrons. The number of amidine groups is 1. The maximum Gasteiger partial charge on any atom is 0.208 e. The second-order valence-electron chi connectivity index (χ2n) is 3.56. The van der Waals surface area contributed by atoms with Gasteiger partial charge in [-0.1, -0.05) is 0 Å². The molecule has 1 saturated heterocycles. The average molecular weight is 219 g/mol. The highest BCUT2D eigenvalue weighted by Crippen LogP contribution is 2.09. The minimum atomic E-state index is -3.09. The number of hydrogen-bond donors (Lipinski definition) is 2. The first-order valence-electron chi connectivity index (χ1n) is 4.76. The molecule has 0 aliphatic carbocycles. The lowest BCUT2D eigenvalue weighted by molar-refractivity contribution is 0.370.